The zero-order chi connectivity index (χ0) is 32.0. The summed E-state index contributed by atoms with van der Waals surface area (Å²) in [5, 5.41) is 3.61. The maximum Gasteiger partial charge on any atom is 0.202 e. The predicted octanol–water partition coefficient (Wildman–Crippen LogP) is 8.12. The van der Waals surface area contributed by atoms with Crippen molar-refractivity contribution in [2.45, 2.75) is 65.8 Å². The summed E-state index contributed by atoms with van der Waals surface area (Å²) in [6.45, 7) is 12.4. The van der Waals surface area contributed by atoms with Crippen LogP contribution in [0.25, 0.3) is 0 Å². The third-order valence-corrected chi connectivity index (χ3v) is 8.90. The SMILES string of the molecule is CCN(CCNCc1ccc(C(C)C)cc1)C1=C(\OCCc2ccc(OC)cc2)C(=O)C(CCc2ccccc2)C(C)C\C=C\1. The van der Waals surface area contributed by atoms with Crippen LogP contribution in [0.4, 0.5) is 0 Å². The summed E-state index contributed by atoms with van der Waals surface area (Å²) < 4.78 is 11.8. The van der Waals surface area contributed by atoms with Crippen molar-refractivity contribution < 1.29 is 14.3 Å². The molecular formula is C40H52N2O3. The lowest BCUT2D eigenvalue weighted by Gasteiger charge is -2.31. The molecule has 0 amide bonds. The summed E-state index contributed by atoms with van der Waals surface area (Å²) in [7, 11) is 1.67. The Morgan fingerprint density at radius 1 is 0.911 bits per heavy atom. The molecule has 0 bridgehead atoms. The van der Waals surface area contributed by atoms with Gasteiger partial charge in [-0.15, -0.1) is 0 Å². The molecule has 3 aromatic carbocycles. The molecule has 3 aromatic rings. The number of nitrogens with one attached hydrogen (secondary N) is 1. The largest absolute Gasteiger partial charge is 0.497 e. The summed E-state index contributed by atoms with van der Waals surface area (Å²) in [4.78, 5) is 16.7. The second kappa shape index (κ2) is 17.6. The number of methoxy groups -OCH3 is 1. The van der Waals surface area contributed by atoms with E-state index in [0.717, 1.165) is 62.5 Å². The lowest BCUT2D eigenvalue weighted by Crippen LogP contribution is -2.35. The van der Waals surface area contributed by atoms with Crippen molar-refractivity contribution >= 4 is 5.78 Å². The fourth-order valence-electron chi connectivity index (χ4n) is 5.94. The molecule has 0 aromatic heterocycles. The minimum atomic E-state index is -0.105. The van der Waals surface area contributed by atoms with Gasteiger partial charge in [-0.1, -0.05) is 93.6 Å². The van der Waals surface area contributed by atoms with Gasteiger partial charge in [-0.25, -0.2) is 0 Å². The molecular weight excluding hydrogens is 556 g/mol. The van der Waals surface area contributed by atoms with Gasteiger partial charge in [0.2, 0.25) is 5.78 Å². The van der Waals surface area contributed by atoms with Crippen LogP contribution in [0.15, 0.2) is 102 Å². The molecule has 1 aliphatic rings. The number of Topliss-reactive ketones (excluding diaryl/α,β-unsaturated/α-hetero) is 1. The van der Waals surface area contributed by atoms with Gasteiger partial charge in [0.25, 0.3) is 0 Å². The van der Waals surface area contributed by atoms with Crippen molar-refractivity contribution in [2.24, 2.45) is 11.8 Å². The Balaban J connectivity index is 1.50. The fraction of sp³-hybridized carbons (Fsp3) is 0.425. The average molecular weight is 609 g/mol. The zero-order valence-electron chi connectivity index (χ0n) is 27.9. The van der Waals surface area contributed by atoms with E-state index in [0.29, 0.717) is 24.7 Å². The molecule has 1 aliphatic carbocycles. The predicted molar refractivity (Wildman–Crippen MR) is 185 cm³/mol. The number of rotatable bonds is 16. The van der Waals surface area contributed by atoms with E-state index in [1.807, 2.05) is 18.2 Å². The Kier molecular flexibility index (Phi) is 13.3. The van der Waals surface area contributed by atoms with Crippen molar-refractivity contribution in [3.63, 3.8) is 0 Å². The molecule has 2 unspecified atom stereocenters. The summed E-state index contributed by atoms with van der Waals surface area (Å²) in [5.41, 5.74) is 5.96. The average Bonchev–Trinajstić information content (AvgIpc) is 3.06. The lowest BCUT2D eigenvalue weighted by molar-refractivity contribution is -0.124. The van der Waals surface area contributed by atoms with E-state index in [1.165, 1.54) is 16.7 Å². The van der Waals surface area contributed by atoms with E-state index in [4.69, 9.17) is 9.47 Å². The number of hydrogen-bond donors (Lipinski definition) is 1. The first-order valence-corrected chi connectivity index (χ1v) is 16.7. The van der Waals surface area contributed by atoms with Crippen molar-refractivity contribution in [1.29, 1.82) is 0 Å². The van der Waals surface area contributed by atoms with Crippen molar-refractivity contribution in [1.82, 2.24) is 10.2 Å². The van der Waals surface area contributed by atoms with Crippen molar-refractivity contribution in [2.75, 3.05) is 33.4 Å². The minimum absolute atomic E-state index is 0.105. The van der Waals surface area contributed by atoms with Crippen LogP contribution < -0.4 is 10.1 Å². The Hall–Kier alpha value is -3.83. The van der Waals surface area contributed by atoms with Gasteiger partial charge >= 0.3 is 0 Å². The highest BCUT2D eigenvalue weighted by Gasteiger charge is 2.32. The number of carbonyl (C=O) groups is 1. The first-order chi connectivity index (χ1) is 21.9. The standard InChI is InChI=1S/C40H52N2O3/c1-6-42(27-26-41-29-34-15-20-35(21-16-34)30(2)3)38-14-10-11-31(4)37(24-19-32-12-8-7-9-13-32)39(43)40(38)45-28-25-33-17-22-36(44-5)23-18-33/h7-10,12-18,20-23,30-31,37,41H,6,11,19,24-29H2,1-5H3/b14-10+,40-38-. The molecule has 5 heteroatoms. The molecule has 2 atom stereocenters. The van der Waals surface area contributed by atoms with Gasteiger partial charge in [-0.3, -0.25) is 4.79 Å². The maximum absolute atomic E-state index is 14.4. The molecule has 5 nitrogen and oxygen atoms in total. The molecule has 0 heterocycles. The Bertz CT molecular complexity index is 1380. The Morgan fingerprint density at radius 3 is 2.27 bits per heavy atom. The Labute approximate surface area is 271 Å². The fourth-order valence-corrected chi connectivity index (χ4v) is 5.94. The molecule has 240 valence electrons. The van der Waals surface area contributed by atoms with Gasteiger partial charge in [-0.05, 0) is 78.5 Å². The third kappa shape index (κ3) is 10.1. The van der Waals surface area contributed by atoms with Gasteiger partial charge in [-0.2, -0.15) is 0 Å². The summed E-state index contributed by atoms with van der Waals surface area (Å²) in [6.07, 6.45) is 7.63. The van der Waals surface area contributed by atoms with E-state index in [2.05, 4.69) is 111 Å². The van der Waals surface area contributed by atoms with Gasteiger partial charge in [0, 0.05) is 38.5 Å². The van der Waals surface area contributed by atoms with Gasteiger partial charge in [0.15, 0.2) is 5.76 Å². The first kappa shape index (κ1) is 34.1. The number of aryl methyl sites for hydroxylation is 1. The van der Waals surface area contributed by atoms with E-state index in [1.54, 1.807) is 7.11 Å². The second-order valence-electron chi connectivity index (χ2n) is 12.4. The zero-order valence-corrected chi connectivity index (χ0v) is 27.9. The molecule has 45 heavy (non-hydrogen) atoms. The van der Waals surface area contributed by atoms with Crippen LogP contribution in [0, 0.1) is 11.8 Å². The first-order valence-electron chi connectivity index (χ1n) is 16.7. The molecule has 0 aliphatic heterocycles. The highest BCUT2D eigenvalue weighted by atomic mass is 16.5. The molecule has 0 spiro atoms. The molecule has 0 fully saturated rings. The molecule has 0 saturated carbocycles. The number of carbonyl (C=O) groups excluding carboxylic acids is 1. The highest BCUT2D eigenvalue weighted by Crippen LogP contribution is 2.31. The quantitative estimate of drug-likeness (QED) is 0.167. The number of allylic oxidation sites excluding steroid dienone is 3. The topological polar surface area (TPSA) is 50.8 Å². The molecule has 0 radical (unpaired) electrons. The van der Waals surface area contributed by atoms with E-state index >= 15 is 0 Å². The van der Waals surface area contributed by atoms with Crippen LogP contribution in [-0.2, 0) is 28.9 Å². The highest BCUT2D eigenvalue weighted by molar-refractivity contribution is 5.96. The van der Waals surface area contributed by atoms with Crippen LogP contribution in [-0.4, -0.2) is 44.0 Å². The van der Waals surface area contributed by atoms with E-state index in [-0.39, 0.29) is 17.6 Å². The number of ketones is 1. The van der Waals surface area contributed by atoms with E-state index < -0.39 is 0 Å². The smallest absolute Gasteiger partial charge is 0.202 e. The number of likely N-dealkylation sites (N-methyl/N-ethyl adjacent to an activating group) is 1. The number of ether oxygens (including phenoxy) is 2. The number of benzene rings is 3. The van der Waals surface area contributed by atoms with Crippen molar-refractivity contribution in [3.8, 4) is 5.75 Å². The maximum atomic E-state index is 14.4. The number of nitrogens with zero attached hydrogens (tertiary/aromatic N) is 1. The van der Waals surface area contributed by atoms with Crippen LogP contribution in [0.3, 0.4) is 0 Å². The van der Waals surface area contributed by atoms with Gasteiger partial charge < -0.3 is 19.7 Å². The van der Waals surface area contributed by atoms with Crippen LogP contribution in [0.2, 0.25) is 0 Å². The molecule has 0 saturated heterocycles. The number of hydrogen-bond acceptors (Lipinski definition) is 5. The second-order valence-corrected chi connectivity index (χ2v) is 12.4. The minimum Gasteiger partial charge on any atom is -0.497 e. The summed E-state index contributed by atoms with van der Waals surface area (Å²) in [5.74, 6) is 2.14. The normalized spacial score (nSPS) is 19.2. The van der Waals surface area contributed by atoms with Gasteiger partial charge in [0.1, 0.15) is 5.75 Å². The summed E-state index contributed by atoms with van der Waals surface area (Å²) in [6, 6.07) is 27.4. The van der Waals surface area contributed by atoms with Crippen molar-refractivity contribution in [3.05, 3.63) is 125 Å². The Morgan fingerprint density at radius 2 is 1.60 bits per heavy atom. The monoisotopic (exact) mass is 608 g/mol. The van der Waals surface area contributed by atoms with Crippen LogP contribution in [0.5, 0.6) is 5.75 Å². The van der Waals surface area contributed by atoms with Crippen LogP contribution >= 0.6 is 0 Å². The molecule has 4 rings (SSSR count). The summed E-state index contributed by atoms with van der Waals surface area (Å²) >= 11 is 0. The third-order valence-electron chi connectivity index (χ3n) is 8.90. The van der Waals surface area contributed by atoms with E-state index in [9.17, 15) is 4.79 Å². The van der Waals surface area contributed by atoms with Crippen LogP contribution in [0.1, 0.15) is 68.7 Å². The molecule has 1 N–H and O–H groups in total. The van der Waals surface area contributed by atoms with Gasteiger partial charge in [0.05, 0.1) is 19.4 Å². The lowest BCUT2D eigenvalue weighted by atomic mass is 9.81.